The number of rotatable bonds is 1. The maximum atomic E-state index is 9.65. The van der Waals surface area contributed by atoms with Crippen LogP contribution in [0.1, 0.15) is 0 Å². The molecule has 0 radical (unpaired) electrons. The number of aromatic nitrogens is 1. The van der Waals surface area contributed by atoms with Gasteiger partial charge in [-0.1, -0.05) is 30.3 Å². The fraction of sp³-hybridized carbons (Fsp3) is 0. The average molecular weight is 250 g/mol. The molecule has 0 aliphatic carbocycles. The summed E-state index contributed by atoms with van der Waals surface area (Å²) in [5, 5.41) is 9.65. The Hall–Kier alpha value is -1.35. The quantitative estimate of drug-likeness (QED) is 0.842. The van der Waals surface area contributed by atoms with Crippen LogP contribution in [-0.2, 0) is 0 Å². The van der Waals surface area contributed by atoms with Gasteiger partial charge in [-0.25, -0.2) is 0 Å². The Balaban J connectivity index is 2.53. The Labute approximate surface area is 90.4 Å². The Morgan fingerprint density at radius 1 is 1.14 bits per heavy atom. The van der Waals surface area contributed by atoms with Crippen molar-refractivity contribution in [3.8, 4) is 17.0 Å². The molecule has 0 fully saturated rings. The van der Waals surface area contributed by atoms with E-state index in [1.54, 1.807) is 12.3 Å². The molecular weight excluding hydrogens is 242 g/mol. The van der Waals surface area contributed by atoms with Crippen LogP contribution in [0, 0.1) is 0 Å². The van der Waals surface area contributed by atoms with Gasteiger partial charge in [-0.05, 0) is 22.0 Å². The predicted octanol–water partition coefficient (Wildman–Crippen LogP) is 3.22. The molecule has 0 aliphatic rings. The minimum atomic E-state index is 0.186. The smallest absolute Gasteiger partial charge is 0.142 e. The van der Waals surface area contributed by atoms with Crippen molar-refractivity contribution in [2.45, 2.75) is 0 Å². The van der Waals surface area contributed by atoms with Gasteiger partial charge in [0.25, 0.3) is 0 Å². The zero-order valence-electron chi connectivity index (χ0n) is 7.31. The van der Waals surface area contributed by atoms with Crippen LogP contribution in [0.5, 0.6) is 5.75 Å². The lowest BCUT2D eigenvalue weighted by Gasteiger charge is -2.03. The molecule has 1 N–H and O–H groups in total. The Kier molecular flexibility index (Phi) is 2.50. The predicted molar refractivity (Wildman–Crippen MR) is 59.0 cm³/mol. The molecule has 0 spiro atoms. The summed E-state index contributed by atoms with van der Waals surface area (Å²) in [6.45, 7) is 0. The molecule has 0 unspecified atom stereocenters. The summed E-state index contributed by atoms with van der Waals surface area (Å²) in [7, 11) is 0. The van der Waals surface area contributed by atoms with Gasteiger partial charge in [-0.15, -0.1) is 0 Å². The molecule has 1 aromatic carbocycles. The Morgan fingerprint density at radius 2 is 1.86 bits per heavy atom. The van der Waals surface area contributed by atoms with Crippen LogP contribution < -0.4 is 0 Å². The van der Waals surface area contributed by atoms with E-state index in [0.717, 1.165) is 10.0 Å². The van der Waals surface area contributed by atoms with E-state index in [9.17, 15) is 5.11 Å². The van der Waals surface area contributed by atoms with Crippen molar-refractivity contribution in [1.82, 2.24) is 4.98 Å². The number of benzene rings is 1. The molecule has 1 heterocycles. The van der Waals surface area contributed by atoms with Crippen LogP contribution in [0.15, 0.2) is 47.1 Å². The molecule has 2 aromatic rings. The molecule has 0 saturated heterocycles. The van der Waals surface area contributed by atoms with Crippen LogP contribution in [0.4, 0.5) is 0 Å². The van der Waals surface area contributed by atoms with E-state index in [2.05, 4.69) is 20.9 Å². The van der Waals surface area contributed by atoms with E-state index in [1.807, 2.05) is 30.3 Å². The third-order valence-electron chi connectivity index (χ3n) is 1.88. The lowest BCUT2D eigenvalue weighted by atomic mass is 10.1. The molecule has 2 rings (SSSR count). The first kappa shape index (κ1) is 9.21. The molecule has 0 bridgehead atoms. The summed E-state index contributed by atoms with van der Waals surface area (Å²) < 4.78 is 0.773. The molecule has 0 amide bonds. The fourth-order valence-corrected chi connectivity index (χ4v) is 1.57. The number of nitrogens with zero attached hydrogens (tertiary/aromatic N) is 1. The maximum Gasteiger partial charge on any atom is 0.142 e. The molecule has 14 heavy (non-hydrogen) atoms. The summed E-state index contributed by atoms with van der Waals surface area (Å²) >= 11 is 3.25. The van der Waals surface area contributed by atoms with Crippen molar-refractivity contribution in [1.29, 1.82) is 0 Å². The van der Waals surface area contributed by atoms with Crippen LogP contribution in [0.3, 0.4) is 0 Å². The summed E-state index contributed by atoms with van der Waals surface area (Å²) in [5.41, 5.74) is 1.52. The van der Waals surface area contributed by atoms with Crippen molar-refractivity contribution in [2.75, 3.05) is 0 Å². The van der Waals surface area contributed by atoms with Crippen molar-refractivity contribution >= 4 is 15.9 Å². The third kappa shape index (κ3) is 1.77. The monoisotopic (exact) mass is 249 g/mol. The van der Waals surface area contributed by atoms with Gasteiger partial charge in [0.05, 0.1) is 0 Å². The Bertz CT molecular complexity index is 442. The third-order valence-corrected chi connectivity index (χ3v) is 2.32. The topological polar surface area (TPSA) is 33.1 Å². The van der Waals surface area contributed by atoms with Gasteiger partial charge in [0, 0.05) is 16.2 Å². The van der Waals surface area contributed by atoms with E-state index < -0.39 is 0 Å². The average Bonchev–Trinajstić information content (AvgIpc) is 2.19. The van der Waals surface area contributed by atoms with Gasteiger partial charge in [0.15, 0.2) is 0 Å². The molecule has 0 aliphatic heterocycles. The van der Waals surface area contributed by atoms with Crippen molar-refractivity contribution in [3.05, 3.63) is 47.1 Å². The van der Waals surface area contributed by atoms with Gasteiger partial charge in [-0.2, -0.15) is 0 Å². The highest BCUT2D eigenvalue weighted by Gasteiger charge is 2.04. The lowest BCUT2D eigenvalue weighted by molar-refractivity contribution is 0.474. The van der Waals surface area contributed by atoms with E-state index in [-0.39, 0.29) is 5.75 Å². The van der Waals surface area contributed by atoms with Crippen LogP contribution in [-0.4, -0.2) is 10.1 Å². The number of hydrogen-bond donors (Lipinski definition) is 1. The maximum absolute atomic E-state index is 9.65. The molecule has 0 atom stereocenters. The largest absolute Gasteiger partial charge is 0.506 e. The second-order valence-corrected chi connectivity index (χ2v) is 3.80. The highest BCUT2D eigenvalue weighted by atomic mass is 79.9. The van der Waals surface area contributed by atoms with E-state index in [1.165, 1.54) is 0 Å². The first-order valence-electron chi connectivity index (χ1n) is 4.17. The first-order valence-corrected chi connectivity index (χ1v) is 4.96. The van der Waals surface area contributed by atoms with Crippen LogP contribution in [0.25, 0.3) is 11.3 Å². The normalized spacial score (nSPS) is 10.1. The highest BCUT2D eigenvalue weighted by Crippen LogP contribution is 2.28. The highest BCUT2D eigenvalue weighted by molar-refractivity contribution is 9.10. The van der Waals surface area contributed by atoms with E-state index >= 15 is 0 Å². The molecule has 1 aromatic heterocycles. The zero-order chi connectivity index (χ0) is 9.97. The van der Waals surface area contributed by atoms with E-state index in [4.69, 9.17) is 0 Å². The molecular formula is C11H8BrNO. The molecule has 70 valence electrons. The van der Waals surface area contributed by atoms with Gasteiger partial charge >= 0.3 is 0 Å². The Morgan fingerprint density at radius 3 is 2.50 bits per heavy atom. The summed E-state index contributed by atoms with van der Waals surface area (Å²) in [6.07, 6.45) is 1.67. The first-order chi connectivity index (χ1) is 6.77. The number of pyridine rings is 1. The number of aromatic hydroxyl groups is 1. The zero-order valence-corrected chi connectivity index (χ0v) is 8.90. The van der Waals surface area contributed by atoms with Crippen molar-refractivity contribution in [3.63, 3.8) is 0 Å². The van der Waals surface area contributed by atoms with Crippen LogP contribution in [0.2, 0.25) is 0 Å². The second kappa shape index (κ2) is 3.80. The number of hydrogen-bond acceptors (Lipinski definition) is 2. The fourth-order valence-electron chi connectivity index (χ4n) is 1.25. The molecule has 2 nitrogen and oxygen atoms in total. The number of halogens is 1. The molecule has 0 saturated carbocycles. The minimum absolute atomic E-state index is 0.186. The van der Waals surface area contributed by atoms with Gasteiger partial charge < -0.3 is 5.11 Å². The van der Waals surface area contributed by atoms with Crippen molar-refractivity contribution in [2.24, 2.45) is 0 Å². The summed E-state index contributed by atoms with van der Waals surface area (Å²) in [5.74, 6) is 0.186. The van der Waals surface area contributed by atoms with Crippen LogP contribution >= 0.6 is 15.9 Å². The summed E-state index contributed by atoms with van der Waals surface area (Å²) in [6, 6.07) is 11.2. The lowest BCUT2D eigenvalue weighted by Crippen LogP contribution is -1.83. The van der Waals surface area contributed by atoms with Gasteiger partial charge in [0.2, 0.25) is 0 Å². The standard InChI is InChI=1S/C11H8BrNO/c12-9-6-10(14)11(13-7-9)8-4-2-1-3-5-8/h1-7,14H. The second-order valence-electron chi connectivity index (χ2n) is 2.89. The SMILES string of the molecule is Oc1cc(Br)cnc1-c1ccccc1. The van der Waals surface area contributed by atoms with E-state index in [0.29, 0.717) is 5.69 Å². The van der Waals surface area contributed by atoms with Gasteiger partial charge in [-0.3, -0.25) is 4.98 Å². The molecule has 3 heteroatoms. The minimum Gasteiger partial charge on any atom is -0.506 e. The van der Waals surface area contributed by atoms with Crippen molar-refractivity contribution < 1.29 is 5.11 Å². The summed E-state index contributed by atoms with van der Waals surface area (Å²) in [4.78, 5) is 4.15. The van der Waals surface area contributed by atoms with Gasteiger partial charge in [0.1, 0.15) is 11.4 Å².